The van der Waals surface area contributed by atoms with Crippen molar-refractivity contribution in [3.63, 3.8) is 0 Å². The van der Waals surface area contributed by atoms with E-state index in [0.717, 1.165) is 12.5 Å². The summed E-state index contributed by atoms with van der Waals surface area (Å²) in [5.41, 5.74) is 0.361. The number of hydrogen-bond acceptors (Lipinski definition) is 1. The van der Waals surface area contributed by atoms with E-state index in [0.29, 0.717) is 5.60 Å². The van der Waals surface area contributed by atoms with Gasteiger partial charge in [0.05, 0.1) is 5.60 Å². The van der Waals surface area contributed by atoms with Gasteiger partial charge in [-0.1, -0.05) is 0 Å². The maximum absolute atomic E-state index is 5.41. The zero-order valence-electron chi connectivity index (χ0n) is 4.61. The van der Waals surface area contributed by atoms with Crippen LogP contribution >= 0.6 is 0 Å². The van der Waals surface area contributed by atoms with Gasteiger partial charge in [0.25, 0.3) is 0 Å². The van der Waals surface area contributed by atoms with Crippen molar-refractivity contribution in [2.45, 2.75) is 25.4 Å². The predicted octanol–water partition coefficient (Wildman–Crippen LogP) is 1.19. The second kappa shape index (κ2) is 0.873. The van der Waals surface area contributed by atoms with Crippen LogP contribution in [-0.2, 0) is 4.74 Å². The molecule has 1 heterocycles. The highest BCUT2D eigenvalue weighted by molar-refractivity contribution is 5.04. The van der Waals surface area contributed by atoms with Crippen molar-refractivity contribution in [2.75, 3.05) is 6.61 Å². The van der Waals surface area contributed by atoms with Crippen LogP contribution in [0.5, 0.6) is 0 Å². The topological polar surface area (TPSA) is 9.23 Å². The van der Waals surface area contributed by atoms with Crippen molar-refractivity contribution in [2.24, 2.45) is 5.92 Å². The normalized spacial score (nSPS) is 57.0. The van der Waals surface area contributed by atoms with Gasteiger partial charge in [0.2, 0.25) is 0 Å². The summed E-state index contributed by atoms with van der Waals surface area (Å²) < 4.78 is 5.41. The molecular formula is C6H10O. The highest BCUT2D eigenvalue weighted by Crippen LogP contribution is 2.53. The molecule has 2 rings (SSSR count). The summed E-state index contributed by atoms with van der Waals surface area (Å²) in [4.78, 5) is 0. The van der Waals surface area contributed by atoms with Crippen LogP contribution in [0, 0.1) is 5.92 Å². The van der Waals surface area contributed by atoms with Crippen LogP contribution in [0.15, 0.2) is 0 Å². The van der Waals surface area contributed by atoms with E-state index < -0.39 is 0 Å². The first-order valence-corrected chi connectivity index (χ1v) is 2.95. The molecule has 1 aliphatic heterocycles. The molecule has 1 nitrogen and oxygen atoms in total. The molecule has 1 heteroatoms. The summed E-state index contributed by atoms with van der Waals surface area (Å²) >= 11 is 0. The highest BCUT2D eigenvalue weighted by atomic mass is 16.5. The Balaban J connectivity index is 2.17. The van der Waals surface area contributed by atoms with Crippen molar-refractivity contribution in [3.8, 4) is 0 Å². The van der Waals surface area contributed by atoms with Crippen LogP contribution in [0.3, 0.4) is 0 Å². The van der Waals surface area contributed by atoms with Crippen LogP contribution < -0.4 is 0 Å². The van der Waals surface area contributed by atoms with Crippen LogP contribution in [0.25, 0.3) is 0 Å². The van der Waals surface area contributed by atoms with Crippen LogP contribution in [0.2, 0.25) is 0 Å². The third-order valence-corrected chi connectivity index (χ3v) is 2.25. The van der Waals surface area contributed by atoms with Gasteiger partial charge in [-0.2, -0.15) is 0 Å². The average Bonchev–Trinajstić information content (AvgIpc) is 2.09. The van der Waals surface area contributed by atoms with E-state index in [-0.39, 0.29) is 0 Å². The number of hydrogen-bond donors (Lipinski definition) is 0. The monoisotopic (exact) mass is 98.1 g/mol. The van der Waals surface area contributed by atoms with E-state index in [1.54, 1.807) is 0 Å². The minimum Gasteiger partial charge on any atom is -0.375 e. The summed E-state index contributed by atoms with van der Waals surface area (Å²) in [7, 11) is 0. The minimum absolute atomic E-state index is 0.361. The Morgan fingerprint density at radius 2 is 2.57 bits per heavy atom. The molecule has 0 aromatic carbocycles. The lowest BCUT2D eigenvalue weighted by atomic mass is 10.3. The quantitative estimate of drug-likeness (QED) is 0.442. The Bertz CT molecular complexity index is 98.4. The largest absolute Gasteiger partial charge is 0.375 e. The standard InChI is InChI=1S/C6H10O/c1-6-4-5(6)2-3-7-6/h5H,2-4H2,1H3. The zero-order chi connectivity index (χ0) is 4.91. The van der Waals surface area contributed by atoms with Gasteiger partial charge in [-0.15, -0.1) is 0 Å². The van der Waals surface area contributed by atoms with Crippen LogP contribution in [0.1, 0.15) is 19.8 Å². The SMILES string of the molecule is CC12CC1CCO2. The van der Waals surface area contributed by atoms with E-state index in [1.807, 2.05) is 0 Å². The predicted molar refractivity (Wildman–Crippen MR) is 27.1 cm³/mol. The lowest BCUT2D eigenvalue weighted by Gasteiger charge is -2.00. The van der Waals surface area contributed by atoms with Gasteiger partial charge in [-0.05, 0) is 25.7 Å². The molecule has 40 valence electrons. The molecule has 1 saturated carbocycles. The van der Waals surface area contributed by atoms with E-state index >= 15 is 0 Å². The summed E-state index contributed by atoms with van der Waals surface area (Å²) in [6, 6.07) is 0. The lowest BCUT2D eigenvalue weighted by molar-refractivity contribution is 0.0806. The van der Waals surface area contributed by atoms with E-state index in [9.17, 15) is 0 Å². The summed E-state index contributed by atoms with van der Waals surface area (Å²) in [6.07, 6.45) is 2.64. The highest BCUT2D eigenvalue weighted by Gasteiger charge is 2.54. The number of ether oxygens (including phenoxy) is 1. The first-order valence-electron chi connectivity index (χ1n) is 2.95. The Labute approximate surface area is 43.7 Å². The van der Waals surface area contributed by atoms with Crippen molar-refractivity contribution >= 4 is 0 Å². The Kier molecular flexibility index (Phi) is 0.487. The first-order chi connectivity index (χ1) is 3.31. The van der Waals surface area contributed by atoms with Gasteiger partial charge < -0.3 is 4.74 Å². The summed E-state index contributed by atoms with van der Waals surface area (Å²) in [5.74, 6) is 0.937. The lowest BCUT2D eigenvalue weighted by Crippen LogP contribution is -2.02. The molecule has 0 amide bonds. The third-order valence-electron chi connectivity index (χ3n) is 2.25. The summed E-state index contributed by atoms with van der Waals surface area (Å²) in [5, 5.41) is 0. The molecule has 0 spiro atoms. The fraction of sp³-hybridized carbons (Fsp3) is 1.00. The molecule has 2 fully saturated rings. The van der Waals surface area contributed by atoms with Crippen molar-refractivity contribution in [3.05, 3.63) is 0 Å². The molecule has 0 radical (unpaired) electrons. The molecule has 2 atom stereocenters. The molecule has 1 saturated heterocycles. The molecule has 0 N–H and O–H groups in total. The van der Waals surface area contributed by atoms with Crippen molar-refractivity contribution < 1.29 is 4.74 Å². The van der Waals surface area contributed by atoms with Gasteiger partial charge >= 0.3 is 0 Å². The van der Waals surface area contributed by atoms with Gasteiger partial charge in [0.15, 0.2) is 0 Å². The van der Waals surface area contributed by atoms with E-state index in [4.69, 9.17) is 4.74 Å². The molecule has 2 unspecified atom stereocenters. The molecule has 1 aliphatic carbocycles. The number of rotatable bonds is 0. The van der Waals surface area contributed by atoms with Crippen molar-refractivity contribution in [1.82, 2.24) is 0 Å². The van der Waals surface area contributed by atoms with Gasteiger partial charge in [0.1, 0.15) is 0 Å². The minimum atomic E-state index is 0.361. The first kappa shape index (κ1) is 3.90. The smallest absolute Gasteiger partial charge is 0.0688 e. The van der Waals surface area contributed by atoms with Crippen molar-refractivity contribution in [1.29, 1.82) is 0 Å². The molecule has 2 aliphatic rings. The zero-order valence-corrected chi connectivity index (χ0v) is 4.61. The van der Waals surface area contributed by atoms with Crippen LogP contribution in [0.4, 0.5) is 0 Å². The molecule has 0 bridgehead atoms. The van der Waals surface area contributed by atoms with E-state index in [2.05, 4.69) is 6.92 Å². The second-order valence-electron chi connectivity index (χ2n) is 2.85. The number of fused-ring (bicyclic) bond motifs is 1. The maximum Gasteiger partial charge on any atom is 0.0688 e. The molecule has 7 heavy (non-hydrogen) atoms. The fourth-order valence-electron chi connectivity index (χ4n) is 1.45. The second-order valence-corrected chi connectivity index (χ2v) is 2.85. The van der Waals surface area contributed by atoms with Gasteiger partial charge in [-0.25, -0.2) is 0 Å². The van der Waals surface area contributed by atoms with E-state index in [1.165, 1.54) is 12.8 Å². The fourth-order valence-corrected chi connectivity index (χ4v) is 1.45. The molecule has 0 aromatic heterocycles. The Hall–Kier alpha value is -0.0400. The third kappa shape index (κ3) is 0.367. The summed E-state index contributed by atoms with van der Waals surface area (Å²) in [6.45, 7) is 3.23. The Morgan fingerprint density at radius 3 is 2.71 bits per heavy atom. The molecular weight excluding hydrogens is 88.1 g/mol. The van der Waals surface area contributed by atoms with Crippen LogP contribution in [-0.4, -0.2) is 12.2 Å². The van der Waals surface area contributed by atoms with Gasteiger partial charge in [-0.3, -0.25) is 0 Å². The van der Waals surface area contributed by atoms with Gasteiger partial charge in [0, 0.05) is 6.61 Å². The average molecular weight is 98.1 g/mol. The Morgan fingerprint density at radius 1 is 1.71 bits per heavy atom. The maximum atomic E-state index is 5.41. The molecule has 0 aromatic rings.